The van der Waals surface area contributed by atoms with Gasteiger partial charge in [0.15, 0.2) is 6.61 Å². The average molecular weight is 390 g/mol. The number of rotatable bonds is 5. The fourth-order valence-electron chi connectivity index (χ4n) is 3.33. The molecule has 0 spiro atoms. The number of hydrogen-bond acceptors (Lipinski definition) is 4. The zero-order valence-electron chi connectivity index (χ0n) is 17.5. The Labute approximate surface area is 171 Å². The van der Waals surface area contributed by atoms with Crippen molar-refractivity contribution in [3.63, 3.8) is 0 Å². The molecule has 0 saturated heterocycles. The molecule has 1 amide bonds. The number of anilines is 1. The number of para-hydroxylation sites is 1. The molecule has 0 atom stereocenters. The second kappa shape index (κ2) is 8.43. The number of pyridine rings is 1. The van der Waals surface area contributed by atoms with Gasteiger partial charge in [0.1, 0.15) is 0 Å². The maximum absolute atomic E-state index is 12.6. The molecule has 0 aliphatic rings. The molecule has 5 nitrogen and oxygen atoms in total. The molecular weight excluding hydrogens is 364 g/mol. The van der Waals surface area contributed by atoms with Crippen LogP contribution < -0.4 is 5.32 Å². The average Bonchev–Trinajstić information content (AvgIpc) is 2.67. The van der Waals surface area contributed by atoms with Crippen LogP contribution in [0.25, 0.3) is 10.9 Å². The maximum Gasteiger partial charge on any atom is 0.340 e. The quantitative estimate of drug-likeness (QED) is 0.617. The summed E-state index contributed by atoms with van der Waals surface area (Å²) in [5.74, 6) is -0.651. The van der Waals surface area contributed by atoms with Gasteiger partial charge in [-0.05, 0) is 56.0 Å². The summed E-state index contributed by atoms with van der Waals surface area (Å²) in [7, 11) is 0. The Morgan fingerprint density at radius 3 is 2.55 bits per heavy atom. The van der Waals surface area contributed by atoms with Crippen LogP contribution in [0.4, 0.5) is 5.69 Å². The molecule has 0 aliphatic heterocycles. The highest BCUT2D eigenvalue weighted by Crippen LogP contribution is 2.27. The minimum Gasteiger partial charge on any atom is -0.452 e. The standard InChI is InChI=1S/C24H26N2O3/c1-14(2)19-8-6-7-16(4)23(19)26-22(27)13-29-24(28)20-12-18-11-15(3)9-10-21(18)25-17(20)5/h6-12,14H,13H2,1-5H3,(H,26,27). The monoisotopic (exact) mass is 390 g/mol. The summed E-state index contributed by atoms with van der Waals surface area (Å²) in [4.78, 5) is 29.4. The molecule has 1 aromatic heterocycles. The smallest absolute Gasteiger partial charge is 0.340 e. The van der Waals surface area contributed by atoms with Gasteiger partial charge in [-0.2, -0.15) is 0 Å². The van der Waals surface area contributed by atoms with Crippen LogP contribution in [0, 0.1) is 20.8 Å². The molecule has 150 valence electrons. The number of nitrogens with one attached hydrogen (secondary N) is 1. The SMILES string of the molecule is Cc1ccc2nc(C)c(C(=O)OCC(=O)Nc3c(C)cccc3C(C)C)cc2c1. The number of fused-ring (bicyclic) bond motifs is 1. The van der Waals surface area contributed by atoms with E-state index >= 15 is 0 Å². The van der Waals surface area contributed by atoms with Crippen LogP contribution in [-0.4, -0.2) is 23.5 Å². The number of nitrogens with zero attached hydrogens (tertiary/aromatic N) is 1. The zero-order valence-corrected chi connectivity index (χ0v) is 17.5. The lowest BCUT2D eigenvalue weighted by Crippen LogP contribution is -2.22. The van der Waals surface area contributed by atoms with Crippen molar-refractivity contribution in [2.24, 2.45) is 0 Å². The second-order valence-electron chi connectivity index (χ2n) is 7.64. The van der Waals surface area contributed by atoms with E-state index in [1.165, 1.54) is 0 Å². The van der Waals surface area contributed by atoms with E-state index < -0.39 is 5.97 Å². The first-order valence-electron chi connectivity index (χ1n) is 9.70. The summed E-state index contributed by atoms with van der Waals surface area (Å²) in [5.41, 5.74) is 5.66. The molecule has 5 heteroatoms. The number of hydrogen-bond donors (Lipinski definition) is 1. The maximum atomic E-state index is 12.6. The van der Waals surface area contributed by atoms with E-state index in [0.717, 1.165) is 33.3 Å². The Morgan fingerprint density at radius 2 is 1.83 bits per heavy atom. The number of carbonyl (C=O) groups is 2. The molecule has 0 saturated carbocycles. The van der Waals surface area contributed by atoms with Gasteiger partial charge in [0.2, 0.25) is 0 Å². The van der Waals surface area contributed by atoms with Crippen molar-refractivity contribution in [3.8, 4) is 0 Å². The molecule has 29 heavy (non-hydrogen) atoms. The van der Waals surface area contributed by atoms with Gasteiger partial charge in [-0.3, -0.25) is 9.78 Å². The number of aryl methyl sites for hydroxylation is 3. The van der Waals surface area contributed by atoms with Crippen molar-refractivity contribution < 1.29 is 14.3 Å². The van der Waals surface area contributed by atoms with E-state index in [1.54, 1.807) is 13.0 Å². The summed E-state index contributed by atoms with van der Waals surface area (Å²) in [6.45, 7) is 9.48. The Balaban J connectivity index is 1.72. The Hall–Kier alpha value is -3.21. The van der Waals surface area contributed by atoms with E-state index in [-0.39, 0.29) is 18.4 Å². The lowest BCUT2D eigenvalue weighted by molar-refractivity contribution is -0.119. The van der Waals surface area contributed by atoms with E-state index in [0.29, 0.717) is 11.3 Å². The van der Waals surface area contributed by atoms with Crippen LogP contribution in [0.2, 0.25) is 0 Å². The van der Waals surface area contributed by atoms with Gasteiger partial charge in [-0.25, -0.2) is 4.79 Å². The van der Waals surface area contributed by atoms with Gasteiger partial charge in [-0.1, -0.05) is 43.7 Å². The van der Waals surface area contributed by atoms with E-state index in [9.17, 15) is 9.59 Å². The van der Waals surface area contributed by atoms with Gasteiger partial charge in [0.25, 0.3) is 5.91 Å². The number of esters is 1. The fourth-order valence-corrected chi connectivity index (χ4v) is 3.33. The number of amides is 1. The first-order valence-corrected chi connectivity index (χ1v) is 9.70. The van der Waals surface area contributed by atoms with Crippen LogP contribution in [0.5, 0.6) is 0 Å². The van der Waals surface area contributed by atoms with Crippen LogP contribution in [0.3, 0.4) is 0 Å². The number of aromatic nitrogens is 1. The van der Waals surface area contributed by atoms with Gasteiger partial charge < -0.3 is 10.1 Å². The Morgan fingerprint density at radius 1 is 1.07 bits per heavy atom. The van der Waals surface area contributed by atoms with Crippen LogP contribution in [-0.2, 0) is 9.53 Å². The highest BCUT2D eigenvalue weighted by molar-refractivity contribution is 5.98. The molecule has 3 rings (SSSR count). The number of benzene rings is 2. The highest BCUT2D eigenvalue weighted by atomic mass is 16.5. The summed E-state index contributed by atoms with van der Waals surface area (Å²) in [5, 5.41) is 3.76. The molecule has 0 unspecified atom stereocenters. The third-order valence-electron chi connectivity index (χ3n) is 4.91. The van der Waals surface area contributed by atoms with Crippen LogP contribution in [0.15, 0.2) is 42.5 Å². The summed E-state index contributed by atoms with van der Waals surface area (Å²) >= 11 is 0. The van der Waals surface area contributed by atoms with Crippen LogP contribution >= 0.6 is 0 Å². The van der Waals surface area contributed by atoms with Crippen molar-refractivity contribution >= 4 is 28.5 Å². The second-order valence-corrected chi connectivity index (χ2v) is 7.64. The number of carbonyl (C=O) groups excluding carboxylic acids is 2. The Bertz CT molecular complexity index is 1090. The van der Waals surface area contributed by atoms with Gasteiger partial charge in [0, 0.05) is 11.1 Å². The third-order valence-corrected chi connectivity index (χ3v) is 4.91. The molecule has 0 aliphatic carbocycles. The molecule has 0 radical (unpaired) electrons. The lowest BCUT2D eigenvalue weighted by Gasteiger charge is -2.16. The molecule has 0 bridgehead atoms. The fraction of sp³-hybridized carbons (Fsp3) is 0.292. The topological polar surface area (TPSA) is 68.3 Å². The normalized spacial score (nSPS) is 11.0. The molecular formula is C24H26N2O3. The zero-order chi connectivity index (χ0) is 21.1. The van der Waals surface area contributed by atoms with Crippen molar-refractivity contribution in [1.29, 1.82) is 0 Å². The summed E-state index contributed by atoms with van der Waals surface area (Å²) < 4.78 is 5.27. The van der Waals surface area contributed by atoms with Gasteiger partial charge >= 0.3 is 5.97 Å². The predicted molar refractivity (Wildman–Crippen MR) is 115 cm³/mol. The molecule has 1 N–H and O–H groups in total. The molecule has 0 fully saturated rings. The van der Waals surface area contributed by atoms with Gasteiger partial charge in [-0.15, -0.1) is 0 Å². The summed E-state index contributed by atoms with van der Waals surface area (Å²) in [6.07, 6.45) is 0. The molecule has 2 aromatic carbocycles. The van der Waals surface area contributed by atoms with Crippen molar-refractivity contribution in [2.45, 2.75) is 40.5 Å². The van der Waals surface area contributed by atoms with Crippen molar-refractivity contribution in [2.75, 3.05) is 11.9 Å². The highest BCUT2D eigenvalue weighted by Gasteiger charge is 2.17. The molecule has 3 aromatic rings. The molecule has 1 heterocycles. The third kappa shape index (κ3) is 4.62. The van der Waals surface area contributed by atoms with Crippen LogP contribution in [0.1, 0.15) is 52.5 Å². The van der Waals surface area contributed by atoms with E-state index in [1.807, 2.05) is 50.2 Å². The Kier molecular flexibility index (Phi) is 5.97. The van der Waals surface area contributed by atoms with Crippen molar-refractivity contribution in [3.05, 3.63) is 70.4 Å². The van der Waals surface area contributed by atoms with E-state index in [2.05, 4.69) is 24.1 Å². The predicted octanol–water partition coefficient (Wildman–Crippen LogP) is 5.08. The first-order chi connectivity index (χ1) is 13.8. The van der Waals surface area contributed by atoms with Gasteiger partial charge in [0.05, 0.1) is 16.8 Å². The number of ether oxygens (including phenoxy) is 1. The van der Waals surface area contributed by atoms with Crippen molar-refractivity contribution in [1.82, 2.24) is 4.98 Å². The first kappa shape index (κ1) is 20.5. The van der Waals surface area contributed by atoms with E-state index in [4.69, 9.17) is 4.74 Å². The minimum absolute atomic E-state index is 0.266. The minimum atomic E-state index is -0.553. The lowest BCUT2D eigenvalue weighted by atomic mass is 9.98. The largest absolute Gasteiger partial charge is 0.452 e. The summed E-state index contributed by atoms with van der Waals surface area (Å²) in [6, 6.07) is 13.5.